The van der Waals surface area contributed by atoms with Gasteiger partial charge in [-0.25, -0.2) is 9.18 Å². The van der Waals surface area contributed by atoms with E-state index in [9.17, 15) is 24.2 Å². The Bertz CT molecular complexity index is 724. The first-order valence-electron chi connectivity index (χ1n) is 7.11. The van der Waals surface area contributed by atoms with Gasteiger partial charge in [0.1, 0.15) is 11.2 Å². The van der Waals surface area contributed by atoms with E-state index in [1.165, 1.54) is 43.4 Å². The molecule has 0 saturated carbocycles. The minimum absolute atomic E-state index is 0.0613. The lowest BCUT2D eigenvalue weighted by atomic mass is 9.65. The Hall–Kier alpha value is -2.21. The summed E-state index contributed by atoms with van der Waals surface area (Å²) >= 11 is 3.11. The van der Waals surface area contributed by atoms with Gasteiger partial charge in [0.25, 0.3) is 0 Å². The summed E-state index contributed by atoms with van der Waals surface area (Å²) in [4.78, 5) is 23.1. The van der Waals surface area contributed by atoms with Crippen LogP contribution in [0.3, 0.4) is 0 Å². The Morgan fingerprint density at radius 2 is 1.96 bits per heavy atom. The molecule has 1 aliphatic rings. The Morgan fingerprint density at radius 3 is 2.42 bits per heavy atom. The molecule has 4 nitrogen and oxygen atoms in total. The number of carboxylic acids is 2. The van der Waals surface area contributed by atoms with E-state index in [-0.39, 0.29) is 11.1 Å². The average molecular weight is 397 g/mol. The number of hydrogen-bond donors (Lipinski definition) is 2. The van der Waals surface area contributed by atoms with E-state index in [1.54, 1.807) is 6.08 Å². The number of benzene rings is 1. The van der Waals surface area contributed by atoms with Crippen LogP contribution < -0.4 is 0 Å². The van der Waals surface area contributed by atoms with E-state index in [0.29, 0.717) is 4.47 Å². The predicted molar refractivity (Wildman–Crippen MR) is 93.3 cm³/mol. The van der Waals surface area contributed by atoms with Crippen molar-refractivity contribution in [2.75, 3.05) is 0 Å². The Morgan fingerprint density at radius 1 is 1.38 bits per heavy atom. The molecule has 0 fully saturated rings. The summed E-state index contributed by atoms with van der Waals surface area (Å²) in [6.45, 7) is 6.72. The van der Waals surface area contributed by atoms with Crippen molar-refractivity contribution < 1.29 is 24.2 Å². The highest BCUT2D eigenvalue weighted by Crippen LogP contribution is 2.42. The summed E-state index contributed by atoms with van der Waals surface area (Å²) < 4.78 is 14.7. The number of carbonyl (C=O) groups is 2. The molecule has 6 heteroatoms. The van der Waals surface area contributed by atoms with Crippen LogP contribution in [0.2, 0.25) is 0 Å². The highest BCUT2D eigenvalue weighted by molar-refractivity contribution is 9.10. The van der Waals surface area contributed by atoms with Gasteiger partial charge in [-0.1, -0.05) is 53.2 Å². The van der Waals surface area contributed by atoms with Gasteiger partial charge in [-0.15, -0.1) is 6.58 Å². The maximum Gasteiger partial charge on any atom is 0.331 e. The van der Waals surface area contributed by atoms with Crippen molar-refractivity contribution in [3.8, 4) is 0 Å². The van der Waals surface area contributed by atoms with Gasteiger partial charge in [-0.3, -0.25) is 4.79 Å². The van der Waals surface area contributed by atoms with Crippen LogP contribution in [0.4, 0.5) is 4.39 Å². The lowest BCUT2D eigenvalue weighted by Gasteiger charge is -2.35. The third-order valence-electron chi connectivity index (χ3n) is 3.76. The lowest BCUT2D eigenvalue weighted by molar-refractivity contribution is -0.143. The van der Waals surface area contributed by atoms with Crippen molar-refractivity contribution in [3.05, 3.63) is 70.5 Å². The van der Waals surface area contributed by atoms with Crippen LogP contribution in [0.25, 0.3) is 0 Å². The van der Waals surface area contributed by atoms with Crippen molar-refractivity contribution in [3.63, 3.8) is 0 Å². The molecule has 2 N–H and O–H groups in total. The van der Waals surface area contributed by atoms with Crippen molar-refractivity contribution >= 4 is 27.9 Å². The fraction of sp³-hybridized carbons (Fsp3) is 0.222. The predicted octanol–water partition coefficient (Wildman–Crippen LogP) is 4.32. The maximum absolute atomic E-state index is 14.2. The van der Waals surface area contributed by atoms with E-state index >= 15 is 0 Å². The van der Waals surface area contributed by atoms with Crippen molar-refractivity contribution in [1.29, 1.82) is 0 Å². The second-order valence-corrected chi connectivity index (χ2v) is 6.13. The quantitative estimate of drug-likeness (QED) is 0.745. The first-order chi connectivity index (χ1) is 11.2. The molecule has 0 aromatic heterocycles. The van der Waals surface area contributed by atoms with E-state index in [1.807, 2.05) is 6.92 Å². The van der Waals surface area contributed by atoms with E-state index in [4.69, 9.17) is 0 Å². The SMILES string of the molecule is C=CC.CC1C(C(=O)O)=CC=CC1(C(=O)O)c1ccc(Br)cc1F. The monoisotopic (exact) mass is 396 g/mol. The number of allylic oxidation sites excluding steroid dienone is 3. The highest BCUT2D eigenvalue weighted by Gasteiger charge is 2.48. The molecule has 1 aliphatic carbocycles. The molecule has 0 radical (unpaired) electrons. The first-order valence-corrected chi connectivity index (χ1v) is 7.90. The maximum atomic E-state index is 14.2. The van der Waals surface area contributed by atoms with Gasteiger partial charge >= 0.3 is 11.9 Å². The van der Waals surface area contributed by atoms with E-state index in [2.05, 4.69) is 22.5 Å². The smallest absolute Gasteiger partial charge is 0.331 e. The zero-order valence-electron chi connectivity index (χ0n) is 13.3. The van der Waals surface area contributed by atoms with Crippen LogP contribution in [0.5, 0.6) is 0 Å². The molecule has 0 amide bonds. The number of aliphatic carboxylic acids is 2. The van der Waals surface area contributed by atoms with Gasteiger partial charge in [0.05, 0.1) is 0 Å². The zero-order valence-corrected chi connectivity index (χ0v) is 14.9. The summed E-state index contributed by atoms with van der Waals surface area (Å²) in [7, 11) is 0. The van der Waals surface area contributed by atoms with Gasteiger partial charge in [-0.2, -0.15) is 0 Å². The third-order valence-corrected chi connectivity index (χ3v) is 4.26. The van der Waals surface area contributed by atoms with Gasteiger partial charge in [-0.05, 0) is 19.1 Å². The molecule has 128 valence electrons. The fourth-order valence-electron chi connectivity index (χ4n) is 2.61. The van der Waals surface area contributed by atoms with E-state index < -0.39 is 29.1 Å². The zero-order chi connectivity index (χ0) is 18.5. The molecule has 0 bridgehead atoms. The second kappa shape index (κ2) is 8.06. The van der Waals surface area contributed by atoms with Gasteiger partial charge < -0.3 is 10.2 Å². The molecule has 24 heavy (non-hydrogen) atoms. The minimum Gasteiger partial charge on any atom is -0.480 e. The number of carboxylic acid groups (broad SMARTS) is 2. The number of halogens is 2. The molecule has 2 rings (SSSR count). The summed E-state index contributed by atoms with van der Waals surface area (Å²) in [6.07, 6.45) is 5.77. The molecule has 1 aromatic carbocycles. The summed E-state index contributed by atoms with van der Waals surface area (Å²) in [5.41, 5.74) is -1.87. The van der Waals surface area contributed by atoms with Crippen LogP contribution in [0.1, 0.15) is 19.4 Å². The molecule has 0 saturated heterocycles. The van der Waals surface area contributed by atoms with Crippen molar-refractivity contribution in [1.82, 2.24) is 0 Å². The van der Waals surface area contributed by atoms with Crippen LogP contribution in [-0.2, 0) is 15.0 Å². The molecular formula is C18H18BrFO4. The highest BCUT2D eigenvalue weighted by atomic mass is 79.9. The molecule has 1 aromatic rings. The van der Waals surface area contributed by atoms with E-state index in [0.717, 1.165) is 0 Å². The summed E-state index contributed by atoms with van der Waals surface area (Å²) in [6, 6.07) is 4.06. The largest absolute Gasteiger partial charge is 0.480 e. The van der Waals surface area contributed by atoms with Crippen LogP contribution in [0, 0.1) is 11.7 Å². The van der Waals surface area contributed by atoms with Gasteiger partial charge in [0, 0.05) is 21.5 Å². The number of hydrogen-bond acceptors (Lipinski definition) is 2. The van der Waals surface area contributed by atoms with Crippen LogP contribution >= 0.6 is 15.9 Å². The molecule has 0 aliphatic heterocycles. The summed E-state index contributed by atoms with van der Waals surface area (Å²) in [5.74, 6) is -4.11. The minimum atomic E-state index is -1.74. The third kappa shape index (κ3) is 3.64. The molecule has 2 atom stereocenters. The molecule has 2 unspecified atom stereocenters. The molecule has 0 spiro atoms. The second-order valence-electron chi connectivity index (χ2n) is 5.21. The first kappa shape index (κ1) is 19.8. The molecule has 0 heterocycles. The van der Waals surface area contributed by atoms with Gasteiger partial charge in [0.15, 0.2) is 0 Å². The standard InChI is InChI=1S/C15H12BrFO4.C3H6/c1-8-10(13(18)19)3-2-6-15(8,14(20)21)11-5-4-9(16)7-12(11)17;1-3-2/h2-8H,1H3,(H,18,19)(H,20,21);3H,1H2,2H3. The average Bonchev–Trinajstić information content (AvgIpc) is 2.48. The topological polar surface area (TPSA) is 74.6 Å². The van der Waals surface area contributed by atoms with Crippen LogP contribution in [-0.4, -0.2) is 22.2 Å². The fourth-order valence-corrected chi connectivity index (χ4v) is 2.95. The summed E-state index contributed by atoms with van der Waals surface area (Å²) in [5, 5.41) is 18.8. The Kier molecular flexibility index (Phi) is 6.66. The van der Waals surface area contributed by atoms with Crippen LogP contribution in [0.15, 0.2) is 59.1 Å². The number of rotatable bonds is 3. The van der Waals surface area contributed by atoms with Gasteiger partial charge in [0.2, 0.25) is 0 Å². The van der Waals surface area contributed by atoms with Crippen molar-refractivity contribution in [2.45, 2.75) is 19.3 Å². The Labute approximate surface area is 148 Å². The lowest BCUT2D eigenvalue weighted by Crippen LogP contribution is -2.44. The van der Waals surface area contributed by atoms with Crippen molar-refractivity contribution in [2.24, 2.45) is 5.92 Å². The Balaban J connectivity index is 0.000000891. The normalized spacial score (nSPS) is 22.0. The molecular weight excluding hydrogens is 379 g/mol.